The van der Waals surface area contributed by atoms with Gasteiger partial charge in [-0.2, -0.15) is 0 Å². The number of likely N-dealkylation sites (N-methyl/N-ethyl adjacent to an activating group) is 1. The van der Waals surface area contributed by atoms with Crippen LogP contribution in [0.2, 0.25) is 0 Å². The van der Waals surface area contributed by atoms with E-state index in [0.717, 1.165) is 26.1 Å². The van der Waals surface area contributed by atoms with Gasteiger partial charge in [-0.25, -0.2) is 4.39 Å². The van der Waals surface area contributed by atoms with Crippen LogP contribution in [-0.2, 0) is 0 Å². The fourth-order valence-electron chi connectivity index (χ4n) is 1.92. The minimum absolute atomic E-state index is 0.0919. The van der Waals surface area contributed by atoms with E-state index in [1.807, 2.05) is 19.0 Å². The summed E-state index contributed by atoms with van der Waals surface area (Å²) in [7, 11) is 3.98. The van der Waals surface area contributed by atoms with E-state index in [2.05, 4.69) is 17.0 Å². The van der Waals surface area contributed by atoms with Crippen molar-refractivity contribution in [3.63, 3.8) is 0 Å². The minimum Gasteiger partial charge on any atom is -0.409 e. The van der Waals surface area contributed by atoms with E-state index < -0.39 is 0 Å². The number of nitrogens with zero attached hydrogens (tertiary/aromatic N) is 3. The lowest BCUT2D eigenvalue weighted by atomic mass is 10.1. The van der Waals surface area contributed by atoms with E-state index in [1.165, 1.54) is 6.07 Å². The number of benzene rings is 1. The smallest absolute Gasteiger partial charge is 0.170 e. The molecular weight excluding hydrogens is 259 g/mol. The molecule has 1 rings (SSSR count). The maximum Gasteiger partial charge on any atom is 0.170 e. The Bertz CT molecular complexity index is 462. The van der Waals surface area contributed by atoms with Crippen molar-refractivity contribution in [1.82, 2.24) is 4.90 Å². The quantitative estimate of drug-likeness (QED) is 0.346. The molecule has 20 heavy (non-hydrogen) atoms. The van der Waals surface area contributed by atoms with Crippen LogP contribution in [0.3, 0.4) is 0 Å². The summed E-state index contributed by atoms with van der Waals surface area (Å²) in [4.78, 5) is 4.07. The van der Waals surface area contributed by atoms with Crippen molar-refractivity contribution in [3.05, 3.63) is 29.6 Å². The highest BCUT2D eigenvalue weighted by atomic mass is 19.1. The zero-order valence-electron chi connectivity index (χ0n) is 12.3. The van der Waals surface area contributed by atoms with Gasteiger partial charge >= 0.3 is 0 Å². The molecule has 112 valence electrons. The van der Waals surface area contributed by atoms with Crippen LogP contribution in [0.5, 0.6) is 0 Å². The summed E-state index contributed by atoms with van der Waals surface area (Å²) in [6, 6.07) is 4.63. The van der Waals surface area contributed by atoms with Crippen molar-refractivity contribution in [1.29, 1.82) is 0 Å². The largest absolute Gasteiger partial charge is 0.409 e. The van der Waals surface area contributed by atoms with Gasteiger partial charge in [-0.3, -0.25) is 0 Å². The number of hydrogen-bond acceptors (Lipinski definition) is 4. The van der Waals surface area contributed by atoms with Crippen molar-refractivity contribution in [2.45, 2.75) is 13.3 Å². The van der Waals surface area contributed by atoms with E-state index in [4.69, 9.17) is 10.9 Å². The fourth-order valence-corrected chi connectivity index (χ4v) is 1.92. The van der Waals surface area contributed by atoms with Crippen LogP contribution < -0.4 is 10.6 Å². The second-order valence-corrected chi connectivity index (χ2v) is 4.94. The summed E-state index contributed by atoms with van der Waals surface area (Å²) in [5, 5.41) is 11.5. The fraction of sp³-hybridized carbons (Fsp3) is 0.500. The molecule has 0 amide bonds. The van der Waals surface area contributed by atoms with E-state index in [0.29, 0.717) is 11.3 Å². The Morgan fingerprint density at radius 2 is 2.00 bits per heavy atom. The predicted molar refractivity (Wildman–Crippen MR) is 80.0 cm³/mol. The molecule has 0 atom stereocenters. The molecule has 0 bridgehead atoms. The molecule has 0 saturated heterocycles. The molecule has 0 radical (unpaired) electrons. The highest BCUT2D eigenvalue weighted by Crippen LogP contribution is 2.21. The van der Waals surface area contributed by atoms with Gasteiger partial charge in [-0.05, 0) is 38.7 Å². The third-order valence-electron chi connectivity index (χ3n) is 3.00. The molecule has 0 heterocycles. The molecule has 5 nitrogen and oxygen atoms in total. The van der Waals surface area contributed by atoms with Gasteiger partial charge in [0.2, 0.25) is 0 Å². The number of halogens is 1. The van der Waals surface area contributed by atoms with Crippen molar-refractivity contribution < 1.29 is 9.60 Å². The van der Waals surface area contributed by atoms with Gasteiger partial charge in [-0.15, -0.1) is 0 Å². The molecule has 0 saturated carbocycles. The summed E-state index contributed by atoms with van der Waals surface area (Å²) >= 11 is 0. The average molecular weight is 282 g/mol. The Morgan fingerprint density at radius 1 is 1.30 bits per heavy atom. The summed E-state index contributed by atoms with van der Waals surface area (Å²) in [5.74, 6) is -0.452. The summed E-state index contributed by atoms with van der Waals surface area (Å²) < 4.78 is 14.2. The first-order valence-corrected chi connectivity index (χ1v) is 6.66. The predicted octanol–water partition coefficient (Wildman–Crippen LogP) is 1.70. The van der Waals surface area contributed by atoms with Crippen LogP contribution in [0.15, 0.2) is 23.4 Å². The lowest BCUT2D eigenvalue weighted by Gasteiger charge is -2.26. The standard InChI is InChI=1S/C14H23FN4O/c1-4-7-19(9-8-18(2)3)13-6-5-11(10-12(13)15)14(16)17-20/h5-6,10,20H,4,7-9H2,1-3H3,(H2,16,17). The normalized spacial score (nSPS) is 11.9. The van der Waals surface area contributed by atoms with Crippen LogP contribution in [0.25, 0.3) is 0 Å². The minimum atomic E-state index is -0.360. The Kier molecular flexibility index (Phi) is 6.24. The van der Waals surface area contributed by atoms with Gasteiger partial charge in [0.05, 0.1) is 5.69 Å². The molecule has 0 aliphatic heterocycles. The van der Waals surface area contributed by atoms with Gasteiger partial charge in [-0.1, -0.05) is 12.1 Å². The second-order valence-electron chi connectivity index (χ2n) is 4.94. The van der Waals surface area contributed by atoms with E-state index >= 15 is 0 Å². The Hall–Kier alpha value is -1.82. The number of amidine groups is 1. The number of nitrogens with two attached hydrogens (primary N) is 1. The molecule has 0 spiro atoms. The van der Waals surface area contributed by atoms with Crippen LogP contribution in [-0.4, -0.2) is 49.7 Å². The number of oxime groups is 1. The maximum atomic E-state index is 14.2. The molecular formula is C14H23FN4O. The van der Waals surface area contributed by atoms with Gasteiger partial charge in [0.15, 0.2) is 5.84 Å². The van der Waals surface area contributed by atoms with E-state index in [-0.39, 0.29) is 11.7 Å². The Balaban J connectivity index is 2.96. The molecule has 0 aliphatic rings. The van der Waals surface area contributed by atoms with Gasteiger partial charge in [0, 0.05) is 25.2 Å². The van der Waals surface area contributed by atoms with Crippen molar-refractivity contribution >= 4 is 11.5 Å². The molecule has 0 aromatic heterocycles. The second kappa shape index (κ2) is 7.69. The summed E-state index contributed by atoms with van der Waals surface area (Å²) in [6.07, 6.45) is 0.939. The molecule has 0 aliphatic carbocycles. The maximum absolute atomic E-state index is 14.2. The lowest BCUT2D eigenvalue weighted by Crippen LogP contribution is -2.33. The van der Waals surface area contributed by atoms with Crippen molar-refractivity contribution in [3.8, 4) is 0 Å². The van der Waals surface area contributed by atoms with Crippen LogP contribution in [0.4, 0.5) is 10.1 Å². The lowest BCUT2D eigenvalue weighted by molar-refractivity contribution is 0.318. The Labute approximate surface area is 119 Å². The Morgan fingerprint density at radius 3 is 2.50 bits per heavy atom. The van der Waals surface area contributed by atoms with Gasteiger partial charge in [0.25, 0.3) is 0 Å². The molecule has 0 unspecified atom stereocenters. The molecule has 1 aromatic carbocycles. The molecule has 0 fully saturated rings. The number of hydrogen-bond donors (Lipinski definition) is 2. The zero-order chi connectivity index (χ0) is 15.1. The summed E-state index contributed by atoms with van der Waals surface area (Å²) in [5.41, 5.74) is 6.38. The number of rotatable bonds is 7. The van der Waals surface area contributed by atoms with E-state index in [1.54, 1.807) is 12.1 Å². The first kappa shape index (κ1) is 16.2. The molecule has 1 aromatic rings. The zero-order valence-corrected chi connectivity index (χ0v) is 12.3. The highest BCUT2D eigenvalue weighted by molar-refractivity contribution is 5.97. The van der Waals surface area contributed by atoms with Crippen LogP contribution in [0, 0.1) is 5.82 Å². The first-order valence-electron chi connectivity index (χ1n) is 6.66. The van der Waals surface area contributed by atoms with E-state index in [9.17, 15) is 4.39 Å². The topological polar surface area (TPSA) is 65.1 Å². The summed E-state index contributed by atoms with van der Waals surface area (Å²) in [6.45, 7) is 4.45. The van der Waals surface area contributed by atoms with Gasteiger partial charge in [0.1, 0.15) is 5.82 Å². The van der Waals surface area contributed by atoms with Crippen LogP contribution in [0.1, 0.15) is 18.9 Å². The van der Waals surface area contributed by atoms with Gasteiger partial charge < -0.3 is 20.7 Å². The van der Waals surface area contributed by atoms with Crippen molar-refractivity contribution in [2.24, 2.45) is 10.9 Å². The SMILES string of the molecule is CCCN(CCN(C)C)c1ccc(C(N)=NO)cc1F. The molecule has 6 heteroatoms. The first-order chi connectivity index (χ1) is 9.49. The highest BCUT2D eigenvalue weighted by Gasteiger charge is 2.13. The van der Waals surface area contributed by atoms with Crippen LogP contribution >= 0.6 is 0 Å². The third-order valence-corrected chi connectivity index (χ3v) is 3.00. The molecule has 3 N–H and O–H groups in total. The third kappa shape index (κ3) is 4.38. The monoisotopic (exact) mass is 282 g/mol. The average Bonchev–Trinajstić information content (AvgIpc) is 2.42. The van der Waals surface area contributed by atoms with Crippen molar-refractivity contribution in [2.75, 3.05) is 38.6 Å². The number of anilines is 1.